The topological polar surface area (TPSA) is 98.0 Å². The lowest BCUT2D eigenvalue weighted by Crippen LogP contribution is -2.24. The molecule has 100 valence electrons. The molecule has 8 heteroatoms. The summed E-state index contributed by atoms with van der Waals surface area (Å²) in [6, 6.07) is 7.61. The Morgan fingerprint density at radius 3 is 2.79 bits per heavy atom. The third-order valence-corrected chi connectivity index (χ3v) is 4.20. The van der Waals surface area contributed by atoms with Crippen LogP contribution in [0.25, 0.3) is 0 Å². The van der Waals surface area contributed by atoms with Crippen molar-refractivity contribution >= 4 is 27.3 Å². The summed E-state index contributed by atoms with van der Waals surface area (Å²) in [6.07, 6.45) is 1.51. The second kappa shape index (κ2) is 5.52. The van der Waals surface area contributed by atoms with E-state index < -0.39 is 10.0 Å². The summed E-state index contributed by atoms with van der Waals surface area (Å²) in [7, 11) is -3.74. The summed E-state index contributed by atoms with van der Waals surface area (Å²) < 4.78 is 26.5. The largest absolute Gasteiger partial charge is 0.399 e. The predicted octanol–water partition coefficient (Wildman–Crippen LogP) is 1.19. The molecule has 0 aliphatic carbocycles. The molecule has 6 nitrogen and oxygen atoms in total. The van der Waals surface area contributed by atoms with Gasteiger partial charge in [0.1, 0.15) is 4.90 Å². The SMILES string of the molecule is Nc1ccc(Cl)c(S(=O)(=O)NCc2cccnn2)c1. The second-order valence-corrected chi connectivity index (χ2v) is 5.87. The van der Waals surface area contributed by atoms with Gasteiger partial charge in [0.05, 0.1) is 17.3 Å². The molecule has 2 aromatic rings. The lowest BCUT2D eigenvalue weighted by atomic mass is 10.3. The van der Waals surface area contributed by atoms with Crippen molar-refractivity contribution in [2.75, 3.05) is 5.73 Å². The maximum Gasteiger partial charge on any atom is 0.242 e. The summed E-state index contributed by atoms with van der Waals surface area (Å²) in [5, 5.41) is 7.55. The molecule has 1 aromatic heterocycles. The minimum Gasteiger partial charge on any atom is -0.399 e. The van der Waals surface area contributed by atoms with E-state index in [2.05, 4.69) is 14.9 Å². The normalized spacial score (nSPS) is 11.4. The Hall–Kier alpha value is -1.70. The van der Waals surface area contributed by atoms with Gasteiger partial charge in [-0.05, 0) is 30.3 Å². The van der Waals surface area contributed by atoms with Crippen molar-refractivity contribution in [1.29, 1.82) is 0 Å². The van der Waals surface area contributed by atoms with Crippen molar-refractivity contribution in [1.82, 2.24) is 14.9 Å². The fourth-order valence-electron chi connectivity index (χ4n) is 1.40. The number of nitrogens with one attached hydrogen (secondary N) is 1. The molecule has 19 heavy (non-hydrogen) atoms. The first-order chi connectivity index (χ1) is 8.99. The second-order valence-electron chi connectivity index (χ2n) is 3.73. The van der Waals surface area contributed by atoms with Gasteiger partial charge >= 0.3 is 0 Å². The van der Waals surface area contributed by atoms with Gasteiger partial charge in [0.25, 0.3) is 0 Å². The molecule has 0 aliphatic heterocycles. The van der Waals surface area contributed by atoms with Crippen LogP contribution in [-0.4, -0.2) is 18.6 Å². The fraction of sp³-hybridized carbons (Fsp3) is 0.0909. The number of nitrogens with two attached hydrogens (primary N) is 1. The maximum atomic E-state index is 12.1. The van der Waals surface area contributed by atoms with Gasteiger partial charge in [0, 0.05) is 11.9 Å². The number of nitrogens with zero attached hydrogens (tertiary/aromatic N) is 2. The Morgan fingerprint density at radius 2 is 2.11 bits per heavy atom. The van der Waals surface area contributed by atoms with Crippen molar-refractivity contribution in [3.63, 3.8) is 0 Å². The molecule has 0 bridgehead atoms. The molecule has 0 aliphatic rings. The third-order valence-electron chi connectivity index (χ3n) is 2.32. The smallest absolute Gasteiger partial charge is 0.242 e. The zero-order valence-electron chi connectivity index (χ0n) is 9.75. The van der Waals surface area contributed by atoms with Crippen molar-refractivity contribution in [3.05, 3.63) is 47.2 Å². The average molecular weight is 299 g/mol. The maximum absolute atomic E-state index is 12.1. The molecule has 1 heterocycles. The number of benzene rings is 1. The third kappa shape index (κ3) is 3.40. The molecule has 3 N–H and O–H groups in total. The lowest BCUT2D eigenvalue weighted by Gasteiger charge is -2.08. The number of hydrogen-bond donors (Lipinski definition) is 2. The van der Waals surface area contributed by atoms with Crippen molar-refractivity contribution in [2.24, 2.45) is 0 Å². The van der Waals surface area contributed by atoms with E-state index in [0.29, 0.717) is 11.4 Å². The lowest BCUT2D eigenvalue weighted by molar-refractivity contribution is 0.580. The van der Waals surface area contributed by atoms with Gasteiger partial charge in [-0.15, -0.1) is 0 Å². The minimum atomic E-state index is -3.74. The van der Waals surface area contributed by atoms with E-state index in [0.717, 1.165) is 0 Å². The molecular weight excluding hydrogens is 288 g/mol. The van der Waals surface area contributed by atoms with Gasteiger partial charge in [-0.3, -0.25) is 0 Å². The predicted molar refractivity (Wildman–Crippen MR) is 71.9 cm³/mol. The van der Waals surface area contributed by atoms with E-state index in [1.807, 2.05) is 0 Å². The molecule has 0 spiro atoms. The number of halogens is 1. The molecular formula is C11H11ClN4O2S. The number of sulfonamides is 1. The van der Waals surface area contributed by atoms with E-state index in [1.54, 1.807) is 12.1 Å². The van der Waals surface area contributed by atoms with Crippen molar-refractivity contribution in [3.8, 4) is 0 Å². The zero-order chi connectivity index (χ0) is 13.9. The van der Waals surface area contributed by atoms with E-state index >= 15 is 0 Å². The van der Waals surface area contributed by atoms with Crippen LogP contribution in [0.3, 0.4) is 0 Å². The Bertz CT molecular complexity index is 676. The molecule has 1 aromatic carbocycles. The van der Waals surface area contributed by atoms with Crippen molar-refractivity contribution < 1.29 is 8.42 Å². The molecule has 0 saturated carbocycles. The average Bonchev–Trinajstić information content (AvgIpc) is 2.40. The van der Waals surface area contributed by atoms with Gasteiger partial charge in [-0.25, -0.2) is 13.1 Å². The quantitative estimate of drug-likeness (QED) is 0.826. The number of aromatic nitrogens is 2. The highest BCUT2D eigenvalue weighted by Gasteiger charge is 2.18. The molecule has 0 atom stereocenters. The Labute approximate surface area is 115 Å². The molecule has 0 radical (unpaired) electrons. The van der Waals surface area contributed by atoms with Crippen LogP contribution in [-0.2, 0) is 16.6 Å². The fourth-order valence-corrected chi connectivity index (χ4v) is 2.93. The summed E-state index contributed by atoms with van der Waals surface area (Å²) >= 11 is 5.86. The summed E-state index contributed by atoms with van der Waals surface area (Å²) in [5.74, 6) is 0. The Kier molecular flexibility index (Phi) is 3.98. The Balaban J connectivity index is 2.21. The summed E-state index contributed by atoms with van der Waals surface area (Å²) in [4.78, 5) is -0.0574. The van der Waals surface area contributed by atoms with Gasteiger partial charge in [-0.1, -0.05) is 11.6 Å². The number of rotatable bonds is 4. The Morgan fingerprint density at radius 1 is 1.32 bits per heavy atom. The highest BCUT2D eigenvalue weighted by atomic mass is 35.5. The number of hydrogen-bond acceptors (Lipinski definition) is 5. The highest BCUT2D eigenvalue weighted by Crippen LogP contribution is 2.23. The van der Waals surface area contributed by atoms with E-state index in [4.69, 9.17) is 17.3 Å². The first-order valence-corrected chi connectivity index (χ1v) is 7.16. The highest BCUT2D eigenvalue weighted by molar-refractivity contribution is 7.89. The van der Waals surface area contributed by atoms with Crippen LogP contribution in [0.4, 0.5) is 5.69 Å². The van der Waals surface area contributed by atoms with E-state index in [9.17, 15) is 8.42 Å². The molecule has 0 fully saturated rings. The first kappa shape index (κ1) is 13.7. The van der Waals surface area contributed by atoms with Crippen LogP contribution in [0.1, 0.15) is 5.69 Å². The van der Waals surface area contributed by atoms with E-state index in [1.165, 1.54) is 24.4 Å². The van der Waals surface area contributed by atoms with Crippen LogP contribution in [0.15, 0.2) is 41.4 Å². The van der Waals surface area contributed by atoms with Crippen LogP contribution >= 0.6 is 11.6 Å². The molecule has 0 saturated heterocycles. The van der Waals surface area contributed by atoms with Crippen LogP contribution < -0.4 is 10.5 Å². The van der Waals surface area contributed by atoms with Crippen LogP contribution in [0.2, 0.25) is 5.02 Å². The number of nitrogen functional groups attached to an aromatic ring is 1. The molecule has 0 unspecified atom stereocenters. The van der Waals surface area contributed by atoms with Crippen LogP contribution in [0.5, 0.6) is 0 Å². The molecule has 2 rings (SSSR count). The van der Waals surface area contributed by atoms with E-state index in [-0.39, 0.29) is 16.5 Å². The monoisotopic (exact) mass is 298 g/mol. The molecule has 0 amide bonds. The van der Waals surface area contributed by atoms with Gasteiger partial charge in [-0.2, -0.15) is 10.2 Å². The number of anilines is 1. The standard InChI is InChI=1S/C11H11ClN4O2S/c12-10-4-3-8(13)6-11(10)19(17,18)15-7-9-2-1-5-14-16-9/h1-6,15H,7,13H2. The van der Waals surface area contributed by atoms with Crippen LogP contribution in [0, 0.1) is 0 Å². The minimum absolute atomic E-state index is 0.0291. The van der Waals surface area contributed by atoms with Gasteiger partial charge < -0.3 is 5.73 Å². The van der Waals surface area contributed by atoms with Gasteiger partial charge in [0.15, 0.2) is 0 Å². The summed E-state index contributed by atoms with van der Waals surface area (Å²) in [5.41, 5.74) is 6.39. The van der Waals surface area contributed by atoms with Crippen molar-refractivity contribution in [2.45, 2.75) is 11.4 Å². The van der Waals surface area contributed by atoms with Gasteiger partial charge in [0.2, 0.25) is 10.0 Å². The zero-order valence-corrected chi connectivity index (χ0v) is 11.3. The summed E-state index contributed by atoms with van der Waals surface area (Å²) in [6.45, 7) is 0.0291. The first-order valence-electron chi connectivity index (χ1n) is 5.30.